The zero-order valence-corrected chi connectivity index (χ0v) is 13.5. The molecule has 0 radical (unpaired) electrons. The summed E-state index contributed by atoms with van der Waals surface area (Å²) < 4.78 is 0. The van der Waals surface area contributed by atoms with E-state index in [0.717, 1.165) is 44.9 Å². The minimum atomic E-state index is -0.699. The Hall–Kier alpha value is -1.09. The number of hydrogen-bond acceptors (Lipinski definition) is 2. The van der Waals surface area contributed by atoms with Crippen LogP contribution in [-0.2, 0) is 4.79 Å². The van der Waals surface area contributed by atoms with E-state index in [0.29, 0.717) is 0 Å². The lowest BCUT2D eigenvalue weighted by atomic mass is 10.1. The monoisotopic (exact) mass is 296 g/mol. The molecule has 0 spiro atoms. The maximum atomic E-state index is 10.3. The molecule has 3 nitrogen and oxygen atoms in total. The molecule has 0 aliphatic carbocycles. The third-order valence-corrected chi connectivity index (χ3v) is 3.40. The molecule has 122 valence electrons. The van der Waals surface area contributed by atoms with Crippen molar-refractivity contribution in [3.05, 3.63) is 24.3 Å². The highest BCUT2D eigenvalue weighted by atomic mass is 16.4. The molecule has 0 bridgehead atoms. The van der Waals surface area contributed by atoms with E-state index >= 15 is 0 Å². The minimum Gasteiger partial charge on any atom is -0.481 e. The summed E-state index contributed by atoms with van der Waals surface area (Å²) in [5.74, 6) is -0.699. The summed E-state index contributed by atoms with van der Waals surface area (Å²) in [4.78, 5) is 10.3. The van der Waals surface area contributed by atoms with Gasteiger partial charge in [0.25, 0.3) is 0 Å². The van der Waals surface area contributed by atoms with Gasteiger partial charge in [-0.2, -0.15) is 0 Å². The highest BCUT2D eigenvalue weighted by Gasteiger charge is 1.96. The topological polar surface area (TPSA) is 57.5 Å². The van der Waals surface area contributed by atoms with Gasteiger partial charge in [-0.05, 0) is 32.1 Å². The van der Waals surface area contributed by atoms with Gasteiger partial charge in [-0.15, -0.1) is 0 Å². The zero-order chi connectivity index (χ0) is 15.8. The first kappa shape index (κ1) is 19.9. The number of carboxylic acids is 1. The quantitative estimate of drug-likeness (QED) is 0.355. The van der Waals surface area contributed by atoms with Crippen LogP contribution < -0.4 is 0 Å². The fourth-order valence-electron chi connectivity index (χ4n) is 2.12. The molecule has 0 heterocycles. The van der Waals surface area contributed by atoms with Crippen LogP contribution in [-0.4, -0.2) is 22.3 Å². The van der Waals surface area contributed by atoms with Crippen LogP contribution in [0.4, 0.5) is 0 Å². The van der Waals surface area contributed by atoms with Gasteiger partial charge in [0.2, 0.25) is 0 Å². The van der Waals surface area contributed by atoms with Crippen LogP contribution in [0.15, 0.2) is 24.3 Å². The molecule has 21 heavy (non-hydrogen) atoms. The van der Waals surface area contributed by atoms with E-state index in [1.165, 1.54) is 19.3 Å². The van der Waals surface area contributed by atoms with Gasteiger partial charge >= 0.3 is 5.97 Å². The summed E-state index contributed by atoms with van der Waals surface area (Å²) in [5, 5.41) is 18.2. The molecule has 1 atom stereocenters. The average molecular weight is 296 g/mol. The molecular formula is C18H32O3. The number of carbonyl (C=O) groups is 1. The van der Waals surface area contributed by atoms with Gasteiger partial charge < -0.3 is 10.2 Å². The molecule has 0 rings (SSSR count). The van der Waals surface area contributed by atoms with Gasteiger partial charge in [0, 0.05) is 6.42 Å². The Morgan fingerprint density at radius 1 is 0.905 bits per heavy atom. The van der Waals surface area contributed by atoms with Gasteiger partial charge in [-0.3, -0.25) is 4.79 Å². The number of allylic oxidation sites excluding steroid dienone is 2. The number of unbranched alkanes of at least 4 members (excludes halogenated alkanes) is 8. The van der Waals surface area contributed by atoms with Gasteiger partial charge in [0.05, 0.1) is 6.10 Å². The highest BCUT2D eigenvalue weighted by Crippen LogP contribution is 2.08. The van der Waals surface area contributed by atoms with E-state index in [2.05, 4.69) is 13.0 Å². The lowest BCUT2D eigenvalue weighted by molar-refractivity contribution is -0.137. The molecule has 0 aromatic carbocycles. The Balaban J connectivity index is 3.39. The molecule has 1 unspecified atom stereocenters. The third-order valence-electron chi connectivity index (χ3n) is 3.40. The van der Waals surface area contributed by atoms with E-state index in [9.17, 15) is 9.90 Å². The first-order valence-electron chi connectivity index (χ1n) is 8.40. The average Bonchev–Trinajstić information content (AvgIpc) is 2.45. The summed E-state index contributed by atoms with van der Waals surface area (Å²) in [5.41, 5.74) is 0. The predicted octanol–water partition coefficient (Wildman–Crippen LogP) is 4.86. The van der Waals surface area contributed by atoms with Crippen molar-refractivity contribution >= 4 is 5.97 Å². The number of rotatable bonds is 14. The van der Waals surface area contributed by atoms with E-state index in [1.807, 2.05) is 18.2 Å². The van der Waals surface area contributed by atoms with Crippen molar-refractivity contribution in [1.82, 2.24) is 0 Å². The largest absolute Gasteiger partial charge is 0.481 e. The Bertz CT molecular complexity index is 295. The summed E-state index contributed by atoms with van der Waals surface area (Å²) in [6, 6.07) is 0. The molecule has 0 aliphatic rings. The molecule has 3 heteroatoms. The normalized spacial score (nSPS) is 13.2. The number of hydrogen-bond donors (Lipinski definition) is 2. The molecule has 2 N–H and O–H groups in total. The van der Waals surface area contributed by atoms with Crippen LogP contribution in [0.25, 0.3) is 0 Å². The van der Waals surface area contributed by atoms with E-state index in [-0.39, 0.29) is 6.42 Å². The minimum absolute atomic E-state index is 0.288. The molecule has 0 amide bonds. The SMILES string of the molecule is CCCCC/C=C/C(O)/C=C/CCCCCCCC(=O)O. The number of aliphatic carboxylic acids is 1. The Labute approximate surface area is 129 Å². The van der Waals surface area contributed by atoms with Gasteiger partial charge in [0.15, 0.2) is 0 Å². The summed E-state index contributed by atoms with van der Waals surface area (Å²) in [6.07, 6.45) is 18.5. The van der Waals surface area contributed by atoms with E-state index in [1.54, 1.807) is 0 Å². The standard InChI is InChI=1S/C18H32O3/c1-2-3-4-8-11-14-17(19)15-12-9-6-5-7-10-13-16-18(20)21/h11-12,14-15,17,19H,2-10,13,16H2,1H3,(H,20,21)/b14-11+,15-12+. The van der Waals surface area contributed by atoms with Crippen molar-refractivity contribution in [2.45, 2.75) is 83.7 Å². The van der Waals surface area contributed by atoms with Crippen LogP contribution in [0, 0.1) is 0 Å². The van der Waals surface area contributed by atoms with Gasteiger partial charge in [-0.1, -0.05) is 63.3 Å². The number of aliphatic hydroxyl groups excluding tert-OH is 1. The van der Waals surface area contributed by atoms with Crippen LogP contribution in [0.5, 0.6) is 0 Å². The van der Waals surface area contributed by atoms with Crippen molar-refractivity contribution in [1.29, 1.82) is 0 Å². The predicted molar refractivity (Wildman–Crippen MR) is 88.4 cm³/mol. The summed E-state index contributed by atoms with van der Waals surface area (Å²) in [6.45, 7) is 2.19. The third kappa shape index (κ3) is 16.9. The van der Waals surface area contributed by atoms with Crippen LogP contribution in [0.3, 0.4) is 0 Å². The number of aliphatic hydroxyl groups is 1. The molecule has 0 fully saturated rings. The maximum absolute atomic E-state index is 10.3. The maximum Gasteiger partial charge on any atom is 0.303 e. The van der Waals surface area contributed by atoms with Crippen molar-refractivity contribution in [2.75, 3.05) is 0 Å². The van der Waals surface area contributed by atoms with Gasteiger partial charge in [-0.25, -0.2) is 0 Å². The van der Waals surface area contributed by atoms with Crippen LogP contribution in [0.2, 0.25) is 0 Å². The first-order chi connectivity index (χ1) is 10.2. The second-order valence-electron chi connectivity index (χ2n) is 5.54. The van der Waals surface area contributed by atoms with Crippen LogP contribution in [0.1, 0.15) is 77.6 Å². The fraction of sp³-hybridized carbons (Fsp3) is 0.722. The van der Waals surface area contributed by atoms with E-state index < -0.39 is 12.1 Å². The fourth-order valence-corrected chi connectivity index (χ4v) is 2.12. The Morgan fingerprint density at radius 3 is 2.00 bits per heavy atom. The van der Waals surface area contributed by atoms with Crippen molar-refractivity contribution in [3.8, 4) is 0 Å². The van der Waals surface area contributed by atoms with Crippen molar-refractivity contribution in [3.63, 3.8) is 0 Å². The lowest BCUT2D eigenvalue weighted by Gasteiger charge is -2.00. The molecular weight excluding hydrogens is 264 g/mol. The summed E-state index contributed by atoms with van der Waals surface area (Å²) >= 11 is 0. The Kier molecular flexibility index (Phi) is 14.5. The lowest BCUT2D eigenvalue weighted by Crippen LogP contribution is -1.95. The van der Waals surface area contributed by atoms with Crippen molar-refractivity contribution in [2.24, 2.45) is 0 Å². The van der Waals surface area contributed by atoms with Crippen molar-refractivity contribution < 1.29 is 15.0 Å². The number of carboxylic acid groups (broad SMARTS) is 1. The Morgan fingerprint density at radius 2 is 1.43 bits per heavy atom. The van der Waals surface area contributed by atoms with E-state index in [4.69, 9.17) is 5.11 Å². The second-order valence-corrected chi connectivity index (χ2v) is 5.54. The molecule has 0 aliphatic heterocycles. The molecule has 0 saturated carbocycles. The highest BCUT2D eigenvalue weighted by molar-refractivity contribution is 5.66. The first-order valence-corrected chi connectivity index (χ1v) is 8.40. The zero-order valence-electron chi connectivity index (χ0n) is 13.5. The second kappa shape index (κ2) is 15.3. The smallest absolute Gasteiger partial charge is 0.303 e. The molecule has 0 aromatic heterocycles. The summed E-state index contributed by atoms with van der Waals surface area (Å²) in [7, 11) is 0. The molecule has 0 saturated heterocycles. The van der Waals surface area contributed by atoms with Gasteiger partial charge in [0.1, 0.15) is 0 Å². The van der Waals surface area contributed by atoms with Crippen LogP contribution >= 0.6 is 0 Å². The molecule has 0 aromatic rings.